The van der Waals surface area contributed by atoms with Crippen LogP contribution in [0.2, 0.25) is 0 Å². The SMILES string of the molecule is O=C(CC(c1ccccc1)c1noc(CCO)n1)C1SCCN1S(=O)(=O)c1ccc(-c2ccccc2)cc1. The lowest BCUT2D eigenvalue weighted by atomic mass is 9.93. The lowest BCUT2D eigenvalue weighted by Gasteiger charge is -2.24. The molecular weight excluding hydrogens is 522 g/mol. The molecule has 1 fully saturated rings. The van der Waals surface area contributed by atoms with Gasteiger partial charge in [0.05, 0.1) is 23.8 Å². The average molecular weight is 550 g/mol. The zero-order valence-corrected chi connectivity index (χ0v) is 22.1. The van der Waals surface area contributed by atoms with Gasteiger partial charge in [-0.25, -0.2) is 8.42 Å². The average Bonchev–Trinajstić information content (AvgIpc) is 3.64. The summed E-state index contributed by atoms with van der Waals surface area (Å²) in [6, 6.07) is 25.8. The fraction of sp³-hybridized carbons (Fsp3) is 0.250. The molecule has 5 rings (SSSR count). The minimum Gasteiger partial charge on any atom is -0.396 e. The molecule has 1 aliphatic rings. The van der Waals surface area contributed by atoms with Gasteiger partial charge in [-0.3, -0.25) is 4.79 Å². The molecule has 1 saturated heterocycles. The summed E-state index contributed by atoms with van der Waals surface area (Å²) in [6.45, 7) is 0.122. The zero-order chi connectivity index (χ0) is 26.5. The largest absolute Gasteiger partial charge is 0.396 e. The number of hydrogen-bond donors (Lipinski definition) is 1. The van der Waals surface area contributed by atoms with Crippen molar-refractivity contribution in [2.45, 2.75) is 29.0 Å². The quantitative estimate of drug-likeness (QED) is 0.314. The van der Waals surface area contributed by atoms with Crippen molar-refractivity contribution >= 4 is 27.6 Å². The van der Waals surface area contributed by atoms with Crippen LogP contribution in [0.25, 0.3) is 11.1 Å². The van der Waals surface area contributed by atoms with E-state index in [1.807, 2.05) is 60.7 Å². The third kappa shape index (κ3) is 5.58. The third-order valence-electron chi connectivity index (χ3n) is 6.42. The standard InChI is InChI=1S/C28H27N3O5S2/c32-17-15-26-29-27(30-36-26)24(22-9-5-2-6-10-22)19-25(33)28-31(16-18-37-28)38(34,35)23-13-11-21(12-14-23)20-7-3-1-4-8-20/h1-14,24,28,32H,15-19H2. The molecule has 0 spiro atoms. The zero-order valence-electron chi connectivity index (χ0n) is 20.5. The molecule has 0 bridgehead atoms. The molecule has 38 heavy (non-hydrogen) atoms. The number of carbonyl (C=O) groups excluding carboxylic acids is 1. The lowest BCUT2D eigenvalue weighted by molar-refractivity contribution is -0.120. The molecule has 0 saturated carbocycles. The first-order chi connectivity index (χ1) is 18.5. The highest BCUT2D eigenvalue weighted by atomic mass is 32.2. The van der Waals surface area contributed by atoms with Crippen molar-refractivity contribution in [2.75, 3.05) is 18.9 Å². The van der Waals surface area contributed by atoms with Gasteiger partial charge in [0.25, 0.3) is 0 Å². The van der Waals surface area contributed by atoms with E-state index in [1.165, 1.54) is 16.1 Å². The number of benzene rings is 3. The van der Waals surface area contributed by atoms with Crippen LogP contribution in [0.1, 0.15) is 29.6 Å². The van der Waals surface area contributed by atoms with Crippen LogP contribution in [0.5, 0.6) is 0 Å². The molecule has 8 nitrogen and oxygen atoms in total. The number of sulfonamides is 1. The number of hydrogen-bond acceptors (Lipinski definition) is 8. The molecule has 4 aromatic rings. The maximum Gasteiger partial charge on any atom is 0.244 e. The van der Waals surface area contributed by atoms with E-state index in [0.717, 1.165) is 16.7 Å². The molecule has 0 amide bonds. The molecule has 1 N–H and O–H groups in total. The van der Waals surface area contributed by atoms with Gasteiger partial charge in [0, 0.05) is 18.7 Å². The summed E-state index contributed by atoms with van der Waals surface area (Å²) in [5.41, 5.74) is 2.74. The van der Waals surface area contributed by atoms with Crippen molar-refractivity contribution in [3.8, 4) is 11.1 Å². The van der Waals surface area contributed by atoms with E-state index < -0.39 is 21.3 Å². The first kappa shape index (κ1) is 26.3. The fourth-order valence-corrected chi connectivity index (χ4v) is 7.66. The van der Waals surface area contributed by atoms with E-state index in [9.17, 15) is 18.3 Å². The Labute approximate surface area is 225 Å². The highest BCUT2D eigenvalue weighted by Gasteiger charge is 2.41. The fourth-order valence-electron chi connectivity index (χ4n) is 4.49. The number of nitrogens with zero attached hydrogens (tertiary/aromatic N) is 3. The normalized spacial score (nSPS) is 16.9. The number of thioether (sulfide) groups is 1. The second-order valence-corrected chi connectivity index (χ2v) is 12.0. The maximum absolute atomic E-state index is 13.6. The molecule has 2 heterocycles. The molecule has 2 unspecified atom stereocenters. The van der Waals surface area contributed by atoms with E-state index in [2.05, 4.69) is 10.1 Å². The third-order valence-corrected chi connectivity index (χ3v) is 9.68. The predicted molar refractivity (Wildman–Crippen MR) is 145 cm³/mol. The highest BCUT2D eigenvalue weighted by Crippen LogP contribution is 2.35. The van der Waals surface area contributed by atoms with Crippen molar-refractivity contribution in [1.82, 2.24) is 14.4 Å². The van der Waals surface area contributed by atoms with E-state index in [0.29, 0.717) is 11.6 Å². The Bertz CT molecular complexity index is 1480. The van der Waals surface area contributed by atoms with Crippen LogP contribution in [0.4, 0.5) is 0 Å². The second kappa shape index (κ2) is 11.6. The number of ketones is 1. The molecule has 1 aromatic heterocycles. The van der Waals surface area contributed by atoms with Crippen LogP contribution in [-0.2, 0) is 21.2 Å². The molecule has 196 valence electrons. The lowest BCUT2D eigenvalue weighted by Crippen LogP contribution is -2.40. The maximum atomic E-state index is 13.6. The Balaban J connectivity index is 1.38. The Morgan fingerprint density at radius 3 is 2.34 bits per heavy atom. The van der Waals surface area contributed by atoms with Gasteiger partial charge >= 0.3 is 0 Å². The minimum absolute atomic E-state index is 0.0126. The van der Waals surface area contributed by atoms with Crippen molar-refractivity contribution in [1.29, 1.82) is 0 Å². The van der Waals surface area contributed by atoms with E-state index in [-0.39, 0.29) is 42.6 Å². The first-order valence-electron chi connectivity index (χ1n) is 12.3. The number of aromatic nitrogens is 2. The van der Waals surface area contributed by atoms with Gasteiger partial charge in [-0.1, -0.05) is 78.0 Å². The molecule has 2 atom stereocenters. The van der Waals surface area contributed by atoms with E-state index in [1.54, 1.807) is 24.3 Å². The molecule has 0 aliphatic carbocycles. The molecule has 10 heteroatoms. The van der Waals surface area contributed by atoms with Gasteiger partial charge in [0.1, 0.15) is 5.37 Å². The Kier molecular flexibility index (Phi) is 8.04. The van der Waals surface area contributed by atoms with Crippen molar-refractivity contribution < 1.29 is 22.8 Å². The van der Waals surface area contributed by atoms with Gasteiger partial charge in [-0.05, 0) is 28.8 Å². The van der Waals surface area contributed by atoms with Crippen molar-refractivity contribution in [2.24, 2.45) is 0 Å². The number of aliphatic hydroxyl groups excluding tert-OH is 1. The minimum atomic E-state index is -3.89. The van der Waals surface area contributed by atoms with Gasteiger partial charge in [-0.15, -0.1) is 11.8 Å². The monoisotopic (exact) mass is 549 g/mol. The molecule has 3 aromatic carbocycles. The number of Topliss-reactive ketones (excluding diaryl/α,β-unsaturated/α-hetero) is 1. The summed E-state index contributed by atoms with van der Waals surface area (Å²) < 4.78 is 33.7. The van der Waals surface area contributed by atoms with Gasteiger partial charge in [0.2, 0.25) is 15.9 Å². The second-order valence-electron chi connectivity index (χ2n) is 8.88. The predicted octanol–water partition coefficient (Wildman–Crippen LogP) is 4.13. The summed E-state index contributed by atoms with van der Waals surface area (Å²) in [6.07, 6.45) is 0.231. The number of carbonyl (C=O) groups is 1. The smallest absolute Gasteiger partial charge is 0.244 e. The number of aliphatic hydroxyl groups is 1. The Hall–Kier alpha value is -3.31. The van der Waals surface area contributed by atoms with Gasteiger partial charge in [-0.2, -0.15) is 9.29 Å². The summed E-state index contributed by atoms with van der Waals surface area (Å²) in [4.78, 5) is 18.1. The first-order valence-corrected chi connectivity index (χ1v) is 14.8. The molecular formula is C28H27N3O5S2. The molecule has 0 radical (unpaired) electrons. The summed E-state index contributed by atoms with van der Waals surface area (Å²) in [5, 5.41) is 12.4. The van der Waals surface area contributed by atoms with Crippen LogP contribution in [-0.4, -0.2) is 58.0 Å². The highest BCUT2D eigenvalue weighted by molar-refractivity contribution is 8.02. The number of rotatable bonds is 10. The topological polar surface area (TPSA) is 114 Å². The Morgan fingerprint density at radius 2 is 1.66 bits per heavy atom. The van der Waals surface area contributed by atoms with Crippen LogP contribution in [0.3, 0.4) is 0 Å². The van der Waals surface area contributed by atoms with Crippen LogP contribution < -0.4 is 0 Å². The molecule has 1 aliphatic heterocycles. The van der Waals surface area contributed by atoms with Crippen LogP contribution >= 0.6 is 11.8 Å². The Morgan fingerprint density at radius 1 is 1.00 bits per heavy atom. The van der Waals surface area contributed by atoms with Gasteiger partial charge < -0.3 is 9.63 Å². The van der Waals surface area contributed by atoms with Crippen LogP contribution in [0, 0.1) is 0 Å². The van der Waals surface area contributed by atoms with E-state index >= 15 is 0 Å². The van der Waals surface area contributed by atoms with Crippen molar-refractivity contribution in [3.63, 3.8) is 0 Å². The summed E-state index contributed by atoms with van der Waals surface area (Å²) in [5.74, 6) is 0.419. The summed E-state index contributed by atoms with van der Waals surface area (Å²) in [7, 11) is -3.89. The van der Waals surface area contributed by atoms with Gasteiger partial charge in [0.15, 0.2) is 11.6 Å². The van der Waals surface area contributed by atoms with E-state index in [4.69, 9.17) is 4.52 Å². The summed E-state index contributed by atoms with van der Waals surface area (Å²) >= 11 is 1.33. The van der Waals surface area contributed by atoms with Crippen molar-refractivity contribution in [3.05, 3.63) is 102 Å². The van der Waals surface area contributed by atoms with Crippen LogP contribution in [0.15, 0.2) is 94.3 Å².